The Bertz CT molecular complexity index is 939. The van der Waals surface area contributed by atoms with Crippen molar-refractivity contribution in [2.75, 3.05) is 27.3 Å². The number of ether oxygens (including phenoxy) is 2. The fourth-order valence-corrected chi connectivity index (χ4v) is 3.91. The van der Waals surface area contributed by atoms with Crippen LogP contribution in [-0.2, 0) is 32.4 Å². The van der Waals surface area contributed by atoms with Crippen LogP contribution in [0.4, 0.5) is 0 Å². The summed E-state index contributed by atoms with van der Waals surface area (Å²) in [5, 5.41) is 8.94. The summed E-state index contributed by atoms with van der Waals surface area (Å²) in [5.74, 6) is 3.74. The zero-order chi connectivity index (χ0) is 20.1. The van der Waals surface area contributed by atoms with Gasteiger partial charge >= 0.3 is 0 Å². The second-order valence-corrected chi connectivity index (χ2v) is 7.39. The molecule has 0 spiro atoms. The second kappa shape index (κ2) is 9.09. The predicted octanol–water partition coefficient (Wildman–Crippen LogP) is 3.14. The Morgan fingerprint density at radius 2 is 1.66 bits per heavy atom. The number of fused-ring (bicyclic) bond motifs is 1. The van der Waals surface area contributed by atoms with Crippen molar-refractivity contribution in [2.24, 2.45) is 0 Å². The van der Waals surface area contributed by atoms with Crippen molar-refractivity contribution in [3.63, 3.8) is 0 Å². The number of hydrogen-bond donors (Lipinski definition) is 0. The molecule has 1 aromatic heterocycles. The van der Waals surface area contributed by atoms with Crippen LogP contribution >= 0.6 is 0 Å². The molecule has 2 heterocycles. The SMILES string of the molecule is COc1ccc(CN2CCc3nnc(CCc4ccccc4)n3CC2)cc1OC. The van der Waals surface area contributed by atoms with E-state index in [2.05, 4.69) is 62.1 Å². The molecule has 6 heteroatoms. The predicted molar refractivity (Wildman–Crippen MR) is 112 cm³/mol. The van der Waals surface area contributed by atoms with E-state index in [1.54, 1.807) is 14.2 Å². The Labute approximate surface area is 172 Å². The van der Waals surface area contributed by atoms with Gasteiger partial charge < -0.3 is 14.0 Å². The van der Waals surface area contributed by atoms with E-state index in [1.165, 1.54) is 11.1 Å². The summed E-state index contributed by atoms with van der Waals surface area (Å²) < 4.78 is 13.1. The van der Waals surface area contributed by atoms with Crippen molar-refractivity contribution in [1.82, 2.24) is 19.7 Å². The van der Waals surface area contributed by atoms with Crippen molar-refractivity contribution in [3.8, 4) is 11.5 Å². The number of rotatable bonds is 7. The summed E-state index contributed by atoms with van der Waals surface area (Å²) in [6, 6.07) is 16.7. The van der Waals surface area contributed by atoms with Crippen molar-refractivity contribution < 1.29 is 9.47 Å². The van der Waals surface area contributed by atoms with Crippen molar-refractivity contribution in [2.45, 2.75) is 32.4 Å². The van der Waals surface area contributed by atoms with Gasteiger partial charge in [0.2, 0.25) is 0 Å². The monoisotopic (exact) mass is 392 g/mol. The lowest BCUT2D eigenvalue weighted by atomic mass is 10.1. The lowest BCUT2D eigenvalue weighted by Gasteiger charge is -2.20. The van der Waals surface area contributed by atoms with Crippen LogP contribution in [0.15, 0.2) is 48.5 Å². The maximum atomic E-state index is 5.44. The van der Waals surface area contributed by atoms with E-state index < -0.39 is 0 Å². The highest BCUT2D eigenvalue weighted by atomic mass is 16.5. The summed E-state index contributed by atoms with van der Waals surface area (Å²) in [7, 11) is 3.34. The molecule has 0 bridgehead atoms. The molecule has 29 heavy (non-hydrogen) atoms. The molecule has 0 aliphatic carbocycles. The maximum absolute atomic E-state index is 5.44. The van der Waals surface area contributed by atoms with Crippen LogP contribution in [0, 0.1) is 0 Å². The smallest absolute Gasteiger partial charge is 0.161 e. The van der Waals surface area contributed by atoms with Gasteiger partial charge in [-0.1, -0.05) is 36.4 Å². The molecule has 1 aliphatic rings. The van der Waals surface area contributed by atoms with Gasteiger partial charge in [-0.15, -0.1) is 10.2 Å². The Hall–Kier alpha value is -2.86. The molecular weight excluding hydrogens is 364 g/mol. The molecule has 0 radical (unpaired) electrons. The first-order valence-electron chi connectivity index (χ1n) is 10.1. The second-order valence-electron chi connectivity index (χ2n) is 7.39. The average molecular weight is 393 g/mol. The molecule has 152 valence electrons. The number of nitrogens with zero attached hydrogens (tertiary/aromatic N) is 4. The van der Waals surface area contributed by atoms with Crippen LogP contribution in [0.1, 0.15) is 22.8 Å². The minimum absolute atomic E-state index is 0.765. The van der Waals surface area contributed by atoms with Gasteiger partial charge in [0.15, 0.2) is 11.5 Å². The normalized spacial score (nSPS) is 14.3. The fraction of sp³-hybridized carbons (Fsp3) is 0.391. The molecule has 4 rings (SSSR count). The van der Waals surface area contributed by atoms with Gasteiger partial charge in [-0.25, -0.2) is 0 Å². The minimum Gasteiger partial charge on any atom is -0.493 e. The molecular formula is C23H28N4O2. The van der Waals surface area contributed by atoms with E-state index in [4.69, 9.17) is 9.47 Å². The largest absolute Gasteiger partial charge is 0.493 e. The number of hydrogen-bond acceptors (Lipinski definition) is 5. The van der Waals surface area contributed by atoms with E-state index in [-0.39, 0.29) is 0 Å². The maximum Gasteiger partial charge on any atom is 0.161 e. The molecule has 0 atom stereocenters. The van der Waals surface area contributed by atoms with Gasteiger partial charge in [0.05, 0.1) is 14.2 Å². The fourth-order valence-electron chi connectivity index (χ4n) is 3.91. The third-order valence-electron chi connectivity index (χ3n) is 5.53. The lowest BCUT2D eigenvalue weighted by molar-refractivity contribution is 0.269. The first-order chi connectivity index (χ1) is 14.3. The quantitative estimate of drug-likeness (QED) is 0.618. The third kappa shape index (κ3) is 4.59. The Morgan fingerprint density at radius 1 is 0.828 bits per heavy atom. The van der Waals surface area contributed by atoms with Crippen molar-refractivity contribution in [1.29, 1.82) is 0 Å². The van der Waals surface area contributed by atoms with Gasteiger partial charge in [-0.3, -0.25) is 4.90 Å². The van der Waals surface area contributed by atoms with Gasteiger partial charge in [0.1, 0.15) is 11.6 Å². The van der Waals surface area contributed by atoms with Gasteiger partial charge in [-0.05, 0) is 29.7 Å². The van der Waals surface area contributed by atoms with Crippen LogP contribution in [0.2, 0.25) is 0 Å². The molecule has 2 aromatic carbocycles. The standard InChI is InChI=1S/C23H28N4O2/c1-28-20-10-8-19(16-21(20)29-2)17-26-13-12-23-25-24-22(27(23)15-14-26)11-9-18-6-4-3-5-7-18/h3-8,10,16H,9,11-15,17H2,1-2H3. The minimum atomic E-state index is 0.765. The summed E-state index contributed by atoms with van der Waals surface area (Å²) in [4.78, 5) is 2.47. The zero-order valence-corrected chi connectivity index (χ0v) is 17.2. The summed E-state index contributed by atoms with van der Waals surface area (Å²) in [6.07, 6.45) is 2.84. The molecule has 0 amide bonds. The highest BCUT2D eigenvalue weighted by Gasteiger charge is 2.19. The lowest BCUT2D eigenvalue weighted by Crippen LogP contribution is -2.26. The van der Waals surface area contributed by atoms with E-state index in [9.17, 15) is 0 Å². The van der Waals surface area contributed by atoms with E-state index in [0.29, 0.717) is 0 Å². The van der Waals surface area contributed by atoms with Crippen molar-refractivity contribution in [3.05, 3.63) is 71.3 Å². The summed E-state index contributed by atoms with van der Waals surface area (Å²) in [5.41, 5.74) is 2.57. The molecule has 6 nitrogen and oxygen atoms in total. The first-order valence-corrected chi connectivity index (χ1v) is 10.1. The van der Waals surface area contributed by atoms with Crippen LogP contribution in [0.3, 0.4) is 0 Å². The van der Waals surface area contributed by atoms with Gasteiger partial charge in [-0.2, -0.15) is 0 Å². The molecule has 3 aromatic rings. The van der Waals surface area contributed by atoms with Gasteiger partial charge in [0, 0.05) is 39.0 Å². The summed E-state index contributed by atoms with van der Waals surface area (Å²) >= 11 is 0. The average Bonchev–Trinajstić information content (AvgIpc) is 3.05. The van der Waals surface area contributed by atoms with Crippen LogP contribution in [0.25, 0.3) is 0 Å². The van der Waals surface area contributed by atoms with E-state index in [1.807, 2.05) is 6.07 Å². The first kappa shape index (κ1) is 19.5. The molecule has 0 saturated heterocycles. The van der Waals surface area contributed by atoms with Crippen LogP contribution in [-0.4, -0.2) is 47.0 Å². The Balaban J connectivity index is 1.39. The van der Waals surface area contributed by atoms with E-state index >= 15 is 0 Å². The number of benzene rings is 2. The molecule has 0 saturated carbocycles. The van der Waals surface area contributed by atoms with E-state index in [0.717, 1.165) is 68.6 Å². The number of methoxy groups -OCH3 is 2. The number of aryl methyl sites for hydroxylation is 2. The zero-order valence-electron chi connectivity index (χ0n) is 17.2. The Morgan fingerprint density at radius 3 is 2.45 bits per heavy atom. The third-order valence-corrected chi connectivity index (χ3v) is 5.53. The topological polar surface area (TPSA) is 52.4 Å². The molecule has 0 unspecified atom stereocenters. The number of aromatic nitrogens is 3. The van der Waals surface area contributed by atoms with Crippen LogP contribution in [0.5, 0.6) is 11.5 Å². The highest BCUT2D eigenvalue weighted by Crippen LogP contribution is 2.28. The molecule has 1 aliphatic heterocycles. The summed E-state index contributed by atoms with van der Waals surface area (Å²) in [6.45, 7) is 3.78. The van der Waals surface area contributed by atoms with Crippen molar-refractivity contribution >= 4 is 0 Å². The Kier molecular flexibility index (Phi) is 6.10. The molecule has 0 N–H and O–H groups in total. The molecule has 0 fully saturated rings. The van der Waals surface area contributed by atoms with Gasteiger partial charge in [0.25, 0.3) is 0 Å². The highest BCUT2D eigenvalue weighted by molar-refractivity contribution is 5.42. The van der Waals surface area contributed by atoms with Crippen LogP contribution < -0.4 is 9.47 Å².